The largest absolute Gasteiger partial charge is 0.338 e. The molecule has 1 aromatic heterocycles. The number of nitrogens with zero attached hydrogens (tertiary/aromatic N) is 3. The molecule has 5 heteroatoms. The molecule has 0 amide bonds. The van der Waals surface area contributed by atoms with Crippen LogP contribution in [0.3, 0.4) is 0 Å². The Kier molecular flexibility index (Phi) is 3.90. The summed E-state index contributed by atoms with van der Waals surface area (Å²) >= 11 is 0. The van der Waals surface area contributed by atoms with Gasteiger partial charge in [0.1, 0.15) is 0 Å². The highest BCUT2D eigenvalue weighted by Crippen LogP contribution is 2.06. The van der Waals surface area contributed by atoms with Crippen molar-refractivity contribution in [3.8, 4) is 0 Å². The molecule has 1 N–H and O–H groups in total. The van der Waals surface area contributed by atoms with Crippen LogP contribution in [0.1, 0.15) is 32.0 Å². The maximum absolute atomic E-state index is 5.23. The van der Waals surface area contributed by atoms with Gasteiger partial charge in [-0.3, -0.25) is 4.90 Å². The van der Waals surface area contributed by atoms with Crippen LogP contribution in [-0.2, 0) is 13.0 Å². The molecule has 0 radical (unpaired) electrons. The summed E-state index contributed by atoms with van der Waals surface area (Å²) in [5, 5.41) is 7.38. The number of aryl methyl sites for hydroxylation is 1. The molecule has 1 atom stereocenters. The Balaban J connectivity index is 1.87. The lowest BCUT2D eigenvalue weighted by molar-refractivity contribution is 0.177. The van der Waals surface area contributed by atoms with E-state index in [4.69, 9.17) is 4.52 Å². The van der Waals surface area contributed by atoms with Gasteiger partial charge in [-0.05, 0) is 13.3 Å². The average Bonchev–Trinajstić information content (AvgIpc) is 2.66. The summed E-state index contributed by atoms with van der Waals surface area (Å²) in [5.41, 5.74) is 0. The summed E-state index contributed by atoms with van der Waals surface area (Å²) in [5.74, 6) is 1.58. The summed E-state index contributed by atoms with van der Waals surface area (Å²) in [6.45, 7) is 8.23. The van der Waals surface area contributed by atoms with Crippen LogP contribution < -0.4 is 5.32 Å². The van der Waals surface area contributed by atoms with E-state index in [1.807, 2.05) is 0 Å². The first kappa shape index (κ1) is 11.5. The molecule has 90 valence electrons. The molecule has 1 saturated heterocycles. The minimum Gasteiger partial charge on any atom is -0.338 e. The van der Waals surface area contributed by atoms with Crippen molar-refractivity contribution in [2.45, 2.75) is 39.3 Å². The number of aromatic nitrogens is 2. The molecule has 5 nitrogen and oxygen atoms in total. The Morgan fingerprint density at radius 1 is 1.56 bits per heavy atom. The number of rotatable bonds is 4. The topological polar surface area (TPSA) is 54.2 Å². The first-order chi connectivity index (χ1) is 7.78. The van der Waals surface area contributed by atoms with E-state index >= 15 is 0 Å². The predicted octanol–water partition coefficient (Wildman–Crippen LogP) is 0.816. The summed E-state index contributed by atoms with van der Waals surface area (Å²) in [6, 6.07) is 0.548. The summed E-state index contributed by atoms with van der Waals surface area (Å²) < 4.78 is 5.23. The van der Waals surface area contributed by atoms with Gasteiger partial charge in [-0.25, -0.2) is 0 Å². The maximum Gasteiger partial charge on any atom is 0.240 e. The van der Waals surface area contributed by atoms with Crippen LogP contribution in [0.25, 0.3) is 0 Å². The second-order valence-electron chi connectivity index (χ2n) is 4.44. The minimum absolute atomic E-state index is 0.548. The zero-order valence-corrected chi connectivity index (χ0v) is 10.1. The van der Waals surface area contributed by atoms with Gasteiger partial charge in [0.25, 0.3) is 0 Å². The average molecular weight is 224 g/mol. The van der Waals surface area contributed by atoms with E-state index in [0.29, 0.717) is 6.04 Å². The highest BCUT2D eigenvalue weighted by Gasteiger charge is 2.17. The molecule has 0 saturated carbocycles. The molecule has 2 rings (SSSR count). The van der Waals surface area contributed by atoms with Gasteiger partial charge in [-0.15, -0.1) is 0 Å². The second-order valence-corrected chi connectivity index (χ2v) is 4.44. The van der Waals surface area contributed by atoms with Crippen LogP contribution in [0.2, 0.25) is 0 Å². The molecule has 16 heavy (non-hydrogen) atoms. The molecule has 0 spiro atoms. The molecule has 1 aromatic rings. The lowest BCUT2D eigenvalue weighted by Crippen LogP contribution is -2.48. The highest BCUT2D eigenvalue weighted by atomic mass is 16.5. The van der Waals surface area contributed by atoms with Gasteiger partial charge in [0.15, 0.2) is 5.82 Å². The SMILES string of the molecule is CCCc1noc(CN2CCN[C@@H](C)C2)n1. The first-order valence-corrected chi connectivity index (χ1v) is 6.05. The lowest BCUT2D eigenvalue weighted by atomic mass is 10.2. The zero-order chi connectivity index (χ0) is 11.4. The molecule has 2 heterocycles. The van der Waals surface area contributed by atoms with Crippen molar-refractivity contribution in [2.24, 2.45) is 0 Å². The molecule has 1 fully saturated rings. The Labute approximate surface area is 96.2 Å². The molecule has 1 aliphatic heterocycles. The van der Waals surface area contributed by atoms with Gasteiger partial charge in [-0.2, -0.15) is 4.98 Å². The molecule has 1 aliphatic rings. The van der Waals surface area contributed by atoms with Gasteiger partial charge in [0.2, 0.25) is 5.89 Å². The quantitative estimate of drug-likeness (QED) is 0.820. The predicted molar refractivity (Wildman–Crippen MR) is 61.0 cm³/mol. The van der Waals surface area contributed by atoms with E-state index < -0.39 is 0 Å². The van der Waals surface area contributed by atoms with Gasteiger partial charge < -0.3 is 9.84 Å². The number of piperazine rings is 1. The lowest BCUT2D eigenvalue weighted by Gasteiger charge is -2.30. The fourth-order valence-corrected chi connectivity index (χ4v) is 2.03. The van der Waals surface area contributed by atoms with Gasteiger partial charge in [0, 0.05) is 32.1 Å². The smallest absolute Gasteiger partial charge is 0.240 e. The fourth-order valence-electron chi connectivity index (χ4n) is 2.03. The van der Waals surface area contributed by atoms with E-state index in [9.17, 15) is 0 Å². The van der Waals surface area contributed by atoms with E-state index in [2.05, 4.69) is 34.2 Å². The van der Waals surface area contributed by atoms with Crippen LogP contribution in [0, 0.1) is 0 Å². The van der Waals surface area contributed by atoms with Crippen molar-refractivity contribution in [2.75, 3.05) is 19.6 Å². The Morgan fingerprint density at radius 3 is 3.19 bits per heavy atom. The zero-order valence-electron chi connectivity index (χ0n) is 10.1. The summed E-state index contributed by atoms with van der Waals surface area (Å²) in [7, 11) is 0. The van der Waals surface area contributed by atoms with Gasteiger partial charge >= 0.3 is 0 Å². The molecule has 0 aromatic carbocycles. The maximum atomic E-state index is 5.23. The van der Waals surface area contributed by atoms with Gasteiger partial charge in [-0.1, -0.05) is 12.1 Å². The highest BCUT2D eigenvalue weighted by molar-refractivity contribution is 4.87. The molecule has 0 aliphatic carbocycles. The number of hydrogen-bond acceptors (Lipinski definition) is 5. The van der Waals surface area contributed by atoms with Crippen molar-refractivity contribution in [3.63, 3.8) is 0 Å². The standard InChI is InChI=1S/C11H20N4O/c1-3-4-10-13-11(16-14-10)8-15-6-5-12-9(2)7-15/h9,12H,3-8H2,1-2H3/t9-/m0/s1. The van der Waals surface area contributed by atoms with Crippen LogP contribution >= 0.6 is 0 Å². The third-order valence-electron chi connectivity index (χ3n) is 2.80. The third kappa shape index (κ3) is 3.02. The first-order valence-electron chi connectivity index (χ1n) is 6.05. The van der Waals surface area contributed by atoms with Crippen molar-refractivity contribution < 1.29 is 4.52 Å². The van der Waals surface area contributed by atoms with E-state index in [1.54, 1.807) is 0 Å². The van der Waals surface area contributed by atoms with Crippen molar-refractivity contribution in [1.82, 2.24) is 20.4 Å². The van der Waals surface area contributed by atoms with E-state index in [0.717, 1.165) is 50.7 Å². The molecule has 0 bridgehead atoms. The third-order valence-corrected chi connectivity index (χ3v) is 2.80. The Morgan fingerprint density at radius 2 is 2.44 bits per heavy atom. The van der Waals surface area contributed by atoms with Crippen molar-refractivity contribution >= 4 is 0 Å². The van der Waals surface area contributed by atoms with Crippen molar-refractivity contribution in [1.29, 1.82) is 0 Å². The van der Waals surface area contributed by atoms with E-state index in [1.165, 1.54) is 0 Å². The summed E-state index contributed by atoms with van der Waals surface area (Å²) in [6.07, 6.45) is 1.96. The Bertz CT molecular complexity index is 326. The summed E-state index contributed by atoms with van der Waals surface area (Å²) in [4.78, 5) is 6.73. The normalized spacial score (nSPS) is 22.5. The molecular weight excluding hydrogens is 204 g/mol. The van der Waals surface area contributed by atoms with Crippen LogP contribution in [0.4, 0.5) is 0 Å². The number of hydrogen-bond donors (Lipinski definition) is 1. The Hall–Kier alpha value is -0.940. The monoisotopic (exact) mass is 224 g/mol. The molecule has 0 unspecified atom stereocenters. The molecular formula is C11H20N4O. The van der Waals surface area contributed by atoms with Crippen LogP contribution in [-0.4, -0.2) is 40.7 Å². The second kappa shape index (κ2) is 5.41. The number of nitrogens with one attached hydrogen (secondary N) is 1. The van der Waals surface area contributed by atoms with E-state index in [-0.39, 0.29) is 0 Å². The van der Waals surface area contributed by atoms with Crippen LogP contribution in [0.5, 0.6) is 0 Å². The van der Waals surface area contributed by atoms with Crippen molar-refractivity contribution in [3.05, 3.63) is 11.7 Å². The fraction of sp³-hybridized carbons (Fsp3) is 0.818. The minimum atomic E-state index is 0.548. The van der Waals surface area contributed by atoms with Gasteiger partial charge in [0.05, 0.1) is 6.54 Å². The van der Waals surface area contributed by atoms with Crippen LogP contribution in [0.15, 0.2) is 4.52 Å².